The van der Waals surface area contributed by atoms with Crippen LogP contribution in [0.3, 0.4) is 0 Å². The average Bonchev–Trinajstić information content (AvgIpc) is 2.43. The van der Waals surface area contributed by atoms with Crippen molar-refractivity contribution in [1.82, 2.24) is 10.2 Å². The first-order valence-corrected chi connectivity index (χ1v) is 7.16. The number of ether oxygens (including phenoxy) is 1. The van der Waals surface area contributed by atoms with Crippen LogP contribution in [-0.4, -0.2) is 55.6 Å². The van der Waals surface area contributed by atoms with E-state index >= 15 is 0 Å². The molecule has 0 radical (unpaired) electrons. The summed E-state index contributed by atoms with van der Waals surface area (Å²) in [7, 11) is 1.60. The van der Waals surface area contributed by atoms with Crippen molar-refractivity contribution >= 4 is 11.8 Å². The van der Waals surface area contributed by atoms with Crippen LogP contribution in [0.2, 0.25) is 0 Å². The van der Waals surface area contributed by atoms with Crippen LogP contribution >= 0.6 is 0 Å². The fraction of sp³-hybridized carbons (Fsp3) is 0.857. The normalized spacial score (nSPS) is 13.9. The van der Waals surface area contributed by atoms with Crippen LogP contribution in [0.1, 0.15) is 34.1 Å². The van der Waals surface area contributed by atoms with Crippen molar-refractivity contribution in [3.63, 3.8) is 0 Å². The van der Waals surface area contributed by atoms with Crippen molar-refractivity contribution in [2.24, 2.45) is 11.7 Å². The van der Waals surface area contributed by atoms with E-state index in [1.165, 1.54) is 0 Å². The molecule has 6 nitrogen and oxygen atoms in total. The number of rotatable bonds is 9. The molecular formula is C14H29N3O3. The Kier molecular flexibility index (Phi) is 9.16. The minimum absolute atomic E-state index is 0.0205. The van der Waals surface area contributed by atoms with Crippen LogP contribution in [0.15, 0.2) is 0 Å². The molecule has 2 atom stereocenters. The van der Waals surface area contributed by atoms with Gasteiger partial charge in [0.25, 0.3) is 0 Å². The van der Waals surface area contributed by atoms with Crippen LogP contribution in [0.5, 0.6) is 0 Å². The van der Waals surface area contributed by atoms with Gasteiger partial charge in [0.05, 0.1) is 19.2 Å². The van der Waals surface area contributed by atoms with Gasteiger partial charge in [0.15, 0.2) is 0 Å². The van der Waals surface area contributed by atoms with Gasteiger partial charge in [-0.3, -0.25) is 9.59 Å². The highest BCUT2D eigenvalue weighted by Crippen LogP contribution is 2.04. The van der Waals surface area contributed by atoms with Gasteiger partial charge in [-0.15, -0.1) is 0 Å². The molecule has 0 aromatic heterocycles. The number of nitrogens with one attached hydrogen (secondary N) is 1. The lowest BCUT2D eigenvalue weighted by Crippen LogP contribution is -2.50. The molecule has 1 unspecified atom stereocenters. The van der Waals surface area contributed by atoms with E-state index in [4.69, 9.17) is 10.5 Å². The van der Waals surface area contributed by atoms with Gasteiger partial charge in [0.1, 0.15) is 0 Å². The summed E-state index contributed by atoms with van der Waals surface area (Å²) in [5, 5.41) is 2.60. The molecule has 0 heterocycles. The van der Waals surface area contributed by atoms with Crippen molar-refractivity contribution in [1.29, 1.82) is 0 Å². The minimum Gasteiger partial charge on any atom is -0.383 e. The SMILES string of the molecule is CCC(C)N(CCOC)C(=O)CNC(=O)[C@@H](N)C(C)C. The van der Waals surface area contributed by atoms with Crippen LogP contribution < -0.4 is 11.1 Å². The smallest absolute Gasteiger partial charge is 0.242 e. The van der Waals surface area contributed by atoms with Crippen LogP contribution in [0.4, 0.5) is 0 Å². The number of nitrogens with two attached hydrogens (primary N) is 1. The number of hydrogen-bond acceptors (Lipinski definition) is 4. The molecule has 0 aliphatic heterocycles. The van der Waals surface area contributed by atoms with E-state index in [2.05, 4.69) is 5.32 Å². The fourth-order valence-corrected chi connectivity index (χ4v) is 1.69. The van der Waals surface area contributed by atoms with E-state index < -0.39 is 6.04 Å². The Labute approximate surface area is 122 Å². The molecule has 2 amide bonds. The summed E-state index contributed by atoms with van der Waals surface area (Å²) < 4.78 is 5.01. The standard InChI is InChI=1S/C14H29N3O3/c1-6-11(4)17(7-8-20-5)12(18)9-16-14(19)13(15)10(2)3/h10-11,13H,6-9,15H2,1-5H3,(H,16,19)/t11?,13-/m0/s1. The highest BCUT2D eigenvalue weighted by Gasteiger charge is 2.21. The number of carbonyl (C=O) groups is 2. The van der Waals surface area contributed by atoms with Crippen LogP contribution in [-0.2, 0) is 14.3 Å². The summed E-state index contributed by atoms with van der Waals surface area (Å²) in [6.45, 7) is 8.73. The van der Waals surface area contributed by atoms with Crippen molar-refractivity contribution in [2.75, 3.05) is 26.8 Å². The molecule has 0 aromatic carbocycles. The highest BCUT2D eigenvalue weighted by molar-refractivity contribution is 5.87. The molecule has 0 rings (SSSR count). The summed E-state index contributed by atoms with van der Waals surface area (Å²) in [6, 6.07) is -0.466. The fourth-order valence-electron chi connectivity index (χ4n) is 1.69. The van der Waals surface area contributed by atoms with E-state index in [-0.39, 0.29) is 30.3 Å². The van der Waals surface area contributed by atoms with Gasteiger partial charge in [-0.25, -0.2) is 0 Å². The van der Waals surface area contributed by atoms with Gasteiger partial charge in [-0.05, 0) is 19.3 Å². The van der Waals surface area contributed by atoms with Gasteiger partial charge in [0.2, 0.25) is 11.8 Å². The van der Waals surface area contributed by atoms with Gasteiger partial charge in [-0.1, -0.05) is 20.8 Å². The average molecular weight is 287 g/mol. The first-order chi connectivity index (χ1) is 9.34. The molecule has 0 aliphatic carbocycles. The largest absolute Gasteiger partial charge is 0.383 e. The Balaban J connectivity index is 4.42. The van der Waals surface area contributed by atoms with Crippen LogP contribution in [0.25, 0.3) is 0 Å². The Morgan fingerprint density at radius 1 is 1.30 bits per heavy atom. The number of methoxy groups -OCH3 is 1. The number of hydrogen-bond donors (Lipinski definition) is 2. The molecule has 0 aromatic rings. The van der Waals surface area contributed by atoms with E-state index in [0.29, 0.717) is 13.2 Å². The predicted molar refractivity (Wildman–Crippen MR) is 79.2 cm³/mol. The lowest BCUT2D eigenvalue weighted by molar-refractivity contribution is -0.135. The van der Waals surface area contributed by atoms with Crippen LogP contribution in [0, 0.1) is 5.92 Å². The topological polar surface area (TPSA) is 84.7 Å². The molecule has 0 saturated carbocycles. The summed E-state index contributed by atoms with van der Waals surface area (Å²) in [4.78, 5) is 25.6. The van der Waals surface area contributed by atoms with E-state index in [1.807, 2.05) is 27.7 Å². The minimum atomic E-state index is -0.584. The third-order valence-corrected chi connectivity index (χ3v) is 3.41. The van der Waals surface area contributed by atoms with Gasteiger partial charge in [-0.2, -0.15) is 0 Å². The number of amides is 2. The van der Waals surface area contributed by atoms with Gasteiger partial charge >= 0.3 is 0 Å². The zero-order chi connectivity index (χ0) is 15.7. The number of nitrogens with zero attached hydrogens (tertiary/aromatic N) is 1. The Hall–Kier alpha value is -1.14. The lowest BCUT2D eigenvalue weighted by Gasteiger charge is -2.28. The molecule has 0 aliphatic rings. The second-order valence-electron chi connectivity index (χ2n) is 5.32. The van der Waals surface area contributed by atoms with Crippen molar-refractivity contribution < 1.29 is 14.3 Å². The summed E-state index contributed by atoms with van der Waals surface area (Å²) >= 11 is 0. The molecule has 0 bridgehead atoms. The predicted octanol–water partition coefficient (Wildman–Crippen LogP) is 0.359. The molecule has 0 saturated heterocycles. The summed E-state index contributed by atoms with van der Waals surface area (Å²) in [5.41, 5.74) is 5.73. The van der Waals surface area contributed by atoms with Gasteiger partial charge in [0, 0.05) is 19.7 Å². The Morgan fingerprint density at radius 2 is 1.90 bits per heavy atom. The number of carbonyl (C=O) groups excluding carboxylic acids is 2. The molecule has 0 spiro atoms. The monoisotopic (exact) mass is 287 g/mol. The third-order valence-electron chi connectivity index (χ3n) is 3.41. The second kappa shape index (κ2) is 9.72. The van der Waals surface area contributed by atoms with Crippen molar-refractivity contribution in [2.45, 2.75) is 46.2 Å². The van der Waals surface area contributed by atoms with Crippen molar-refractivity contribution in [3.8, 4) is 0 Å². The van der Waals surface area contributed by atoms with E-state index in [9.17, 15) is 9.59 Å². The maximum absolute atomic E-state index is 12.2. The van der Waals surface area contributed by atoms with E-state index in [0.717, 1.165) is 6.42 Å². The zero-order valence-electron chi connectivity index (χ0n) is 13.3. The summed E-state index contributed by atoms with van der Waals surface area (Å²) in [5.74, 6) is -0.353. The zero-order valence-corrected chi connectivity index (χ0v) is 13.3. The maximum atomic E-state index is 12.2. The molecule has 118 valence electrons. The molecule has 3 N–H and O–H groups in total. The quantitative estimate of drug-likeness (QED) is 0.641. The molecule has 6 heteroatoms. The van der Waals surface area contributed by atoms with Crippen molar-refractivity contribution in [3.05, 3.63) is 0 Å². The Bertz CT molecular complexity index is 308. The molecule has 0 fully saturated rings. The van der Waals surface area contributed by atoms with E-state index in [1.54, 1.807) is 12.0 Å². The lowest BCUT2D eigenvalue weighted by atomic mass is 10.1. The third kappa shape index (κ3) is 6.34. The molecule has 20 heavy (non-hydrogen) atoms. The van der Waals surface area contributed by atoms with Gasteiger partial charge < -0.3 is 20.7 Å². The first kappa shape index (κ1) is 18.9. The first-order valence-electron chi connectivity index (χ1n) is 7.16. The molecular weight excluding hydrogens is 258 g/mol. The second-order valence-corrected chi connectivity index (χ2v) is 5.32. The Morgan fingerprint density at radius 3 is 2.35 bits per heavy atom. The maximum Gasteiger partial charge on any atom is 0.242 e. The highest BCUT2D eigenvalue weighted by atomic mass is 16.5. The summed E-state index contributed by atoms with van der Waals surface area (Å²) in [6.07, 6.45) is 0.856.